The smallest absolute Gasteiger partial charge is 0.264 e. The van der Waals surface area contributed by atoms with E-state index in [0.29, 0.717) is 5.56 Å². The molecular weight excluding hydrogens is 280 g/mol. The Morgan fingerprint density at radius 2 is 2.05 bits per heavy atom. The van der Waals surface area contributed by atoms with Gasteiger partial charge in [-0.15, -0.1) is 0 Å². The van der Waals surface area contributed by atoms with Gasteiger partial charge in [-0.1, -0.05) is 6.07 Å². The van der Waals surface area contributed by atoms with Crippen LogP contribution in [0.2, 0.25) is 0 Å². The first-order chi connectivity index (χ1) is 9.58. The topological polar surface area (TPSA) is 59.4 Å². The summed E-state index contributed by atoms with van der Waals surface area (Å²) >= 11 is 0. The molecule has 1 heterocycles. The van der Waals surface area contributed by atoms with Gasteiger partial charge in [-0.3, -0.25) is 9.55 Å². The van der Waals surface area contributed by atoms with E-state index in [-0.39, 0.29) is 11.9 Å². The van der Waals surface area contributed by atoms with Crippen LogP contribution in [0, 0.1) is 5.82 Å². The predicted octanol–water partition coefficient (Wildman–Crippen LogP) is 2.85. The van der Waals surface area contributed by atoms with Gasteiger partial charge >= 0.3 is 0 Å². The van der Waals surface area contributed by atoms with Crippen LogP contribution in [-0.4, -0.2) is 16.7 Å². The quantitative estimate of drug-likeness (QED) is 0.862. The molecule has 0 fully saturated rings. The predicted molar refractivity (Wildman–Crippen MR) is 74.5 cm³/mol. The number of halogens is 1. The van der Waals surface area contributed by atoms with Gasteiger partial charge < -0.3 is 9.63 Å². The molecule has 0 amide bonds. The summed E-state index contributed by atoms with van der Waals surface area (Å²) in [5.41, 5.74) is 0.397. The second kappa shape index (κ2) is 6.27. The summed E-state index contributed by atoms with van der Waals surface area (Å²) in [6.07, 6.45) is 2.99. The molecule has 0 aliphatic rings. The number of hydrogen-bond donors (Lipinski definition) is 1. The van der Waals surface area contributed by atoms with E-state index in [1.807, 2.05) is 0 Å². The Morgan fingerprint density at radius 1 is 1.35 bits per heavy atom. The zero-order valence-electron chi connectivity index (χ0n) is 10.9. The second-order valence-electron chi connectivity index (χ2n) is 4.15. The summed E-state index contributed by atoms with van der Waals surface area (Å²) in [6.45, 7) is 1.86. The molecule has 1 N–H and O–H groups in total. The monoisotopic (exact) mass is 295 g/mol. The number of aromatic nitrogens is 1. The van der Waals surface area contributed by atoms with Crippen LogP contribution in [0.3, 0.4) is 0 Å². The van der Waals surface area contributed by atoms with Crippen molar-refractivity contribution in [1.29, 1.82) is 0 Å². The van der Waals surface area contributed by atoms with Gasteiger partial charge in [0.2, 0.25) is 0 Å². The molecule has 0 spiro atoms. The maximum absolute atomic E-state index is 13.0. The average Bonchev–Trinajstić information content (AvgIpc) is 2.48. The number of pyridine rings is 1. The van der Waals surface area contributed by atoms with Crippen molar-refractivity contribution in [2.24, 2.45) is 0 Å². The van der Waals surface area contributed by atoms with Crippen molar-refractivity contribution in [3.05, 3.63) is 60.2 Å². The van der Waals surface area contributed by atoms with Crippen molar-refractivity contribution < 1.29 is 18.6 Å². The third-order valence-corrected chi connectivity index (χ3v) is 5.41. The van der Waals surface area contributed by atoms with E-state index >= 15 is 0 Å². The lowest BCUT2D eigenvalue weighted by Gasteiger charge is -2.23. The molecule has 1 unspecified atom stereocenters. The van der Waals surface area contributed by atoms with E-state index in [0.717, 1.165) is 0 Å². The second-order valence-corrected chi connectivity index (χ2v) is 6.61. The van der Waals surface area contributed by atoms with Crippen molar-refractivity contribution in [2.75, 3.05) is 6.61 Å². The highest BCUT2D eigenvalue weighted by Crippen LogP contribution is 2.57. The van der Waals surface area contributed by atoms with Gasteiger partial charge in [0, 0.05) is 23.3 Å². The lowest BCUT2D eigenvalue weighted by molar-refractivity contribution is 0.218. The molecule has 0 aliphatic carbocycles. The highest BCUT2D eigenvalue weighted by molar-refractivity contribution is 7.67. The standard InChI is InChI=1S/C14H15FNO3P/c1-2-19-20(18,13-7-5-12(15)6-8-13)14(17)11-4-3-9-16-10-11/h3-10,14,17H,2H2,1H3/t14-,20?/m0/s1. The highest BCUT2D eigenvalue weighted by Gasteiger charge is 2.36. The van der Waals surface area contributed by atoms with E-state index < -0.39 is 19.0 Å². The Balaban J connectivity index is 2.44. The van der Waals surface area contributed by atoms with E-state index in [9.17, 15) is 14.1 Å². The molecule has 4 nitrogen and oxygen atoms in total. The molecule has 0 saturated heterocycles. The van der Waals surface area contributed by atoms with Crippen LogP contribution < -0.4 is 5.30 Å². The fraction of sp³-hybridized carbons (Fsp3) is 0.214. The Kier molecular flexibility index (Phi) is 4.65. The Labute approximate surface area is 116 Å². The fourth-order valence-corrected chi connectivity index (χ4v) is 3.92. The first-order valence-corrected chi connectivity index (χ1v) is 7.85. The van der Waals surface area contributed by atoms with Gasteiger partial charge in [-0.2, -0.15) is 0 Å². The molecule has 2 atom stereocenters. The van der Waals surface area contributed by atoms with Gasteiger partial charge in [0.1, 0.15) is 5.82 Å². The molecule has 20 heavy (non-hydrogen) atoms. The van der Waals surface area contributed by atoms with Crippen LogP contribution in [-0.2, 0) is 9.09 Å². The maximum Gasteiger partial charge on any atom is 0.264 e. The van der Waals surface area contributed by atoms with Crippen LogP contribution in [0.1, 0.15) is 18.3 Å². The zero-order chi connectivity index (χ0) is 14.6. The van der Waals surface area contributed by atoms with Crippen molar-refractivity contribution >= 4 is 12.7 Å². The van der Waals surface area contributed by atoms with Gasteiger partial charge in [0.05, 0.1) is 6.61 Å². The fourth-order valence-electron chi connectivity index (χ4n) is 1.85. The van der Waals surface area contributed by atoms with Crippen LogP contribution in [0.15, 0.2) is 48.8 Å². The Morgan fingerprint density at radius 3 is 2.60 bits per heavy atom. The van der Waals surface area contributed by atoms with Gasteiger partial charge in [0.15, 0.2) is 5.85 Å². The van der Waals surface area contributed by atoms with Crippen LogP contribution in [0.25, 0.3) is 0 Å². The van der Waals surface area contributed by atoms with Crippen LogP contribution in [0.4, 0.5) is 4.39 Å². The average molecular weight is 295 g/mol. The van der Waals surface area contributed by atoms with E-state index in [1.54, 1.807) is 25.3 Å². The van der Waals surface area contributed by atoms with Gasteiger partial charge in [-0.25, -0.2) is 4.39 Å². The van der Waals surface area contributed by atoms with Gasteiger partial charge in [-0.05, 0) is 37.3 Å². The molecule has 1 aromatic carbocycles. The highest BCUT2D eigenvalue weighted by atomic mass is 31.2. The third kappa shape index (κ3) is 2.96. The molecule has 1 aromatic heterocycles. The number of rotatable bonds is 5. The number of aliphatic hydroxyl groups excluding tert-OH is 1. The molecular formula is C14H15FNO3P. The minimum Gasteiger partial charge on any atom is -0.378 e. The minimum absolute atomic E-state index is 0.173. The Hall–Kier alpha value is -1.55. The normalized spacial score (nSPS) is 15.6. The summed E-state index contributed by atoms with van der Waals surface area (Å²) in [4.78, 5) is 3.89. The molecule has 2 aromatic rings. The molecule has 0 radical (unpaired) electrons. The zero-order valence-corrected chi connectivity index (χ0v) is 11.8. The van der Waals surface area contributed by atoms with Crippen molar-refractivity contribution in [3.63, 3.8) is 0 Å². The van der Waals surface area contributed by atoms with Crippen molar-refractivity contribution in [1.82, 2.24) is 4.98 Å². The number of nitrogens with zero attached hydrogens (tertiary/aromatic N) is 1. The van der Waals surface area contributed by atoms with E-state index in [1.165, 1.54) is 30.5 Å². The maximum atomic E-state index is 13.0. The van der Waals surface area contributed by atoms with Crippen molar-refractivity contribution in [3.8, 4) is 0 Å². The Bertz CT molecular complexity index is 604. The first kappa shape index (κ1) is 14.9. The number of hydrogen-bond acceptors (Lipinski definition) is 4. The summed E-state index contributed by atoms with van der Waals surface area (Å²) in [5.74, 6) is -1.77. The van der Waals surface area contributed by atoms with Crippen molar-refractivity contribution in [2.45, 2.75) is 12.8 Å². The van der Waals surface area contributed by atoms with E-state index in [4.69, 9.17) is 4.52 Å². The molecule has 6 heteroatoms. The molecule has 0 saturated carbocycles. The largest absolute Gasteiger partial charge is 0.378 e. The third-order valence-electron chi connectivity index (χ3n) is 2.81. The molecule has 106 valence electrons. The summed E-state index contributed by atoms with van der Waals surface area (Å²) < 4.78 is 31.3. The number of aliphatic hydroxyl groups is 1. The van der Waals surface area contributed by atoms with Crippen LogP contribution in [0.5, 0.6) is 0 Å². The summed E-state index contributed by atoms with van der Waals surface area (Å²) in [7, 11) is -3.56. The summed E-state index contributed by atoms with van der Waals surface area (Å²) in [5, 5.41) is 10.6. The van der Waals surface area contributed by atoms with E-state index in [2.05, 4.69) is 4.98 Å². The molecule has 0 aliphatic heterocycles. The minimum atomic E-state index is -3.56. The SMILES string of the molecule is CCOP(=O)(c1ccc(F)cc1)[C@H](O)c1cccnc1. The van der Waals surface area contributed by atoms with Crippen LogP contribution >= 0.6 is 7.37 Å². The van der Waals surface area contributed by atoms with Gasteiger partial charge in [0.25, 0.3) is 7.37 Å². The summed E-state index contributed by atoms with van der Waals surface area (Å²) in [6, 6.07) is 8.37. The molecule has 0 bridgehead atoms. The molecule has 2 rings (SSSR count). The number of benzene rings is 1. The lowest BCUT2D eigenvalue weighted by atomic mass is 10.3. The first-order valence-electron chi connectivity index (χ1n) is 6.16. The lowest BCUT2D eigenvalue weighted by Crippen LogP contribution is -2.14.